The Bertz CT molecular complexity index is 223. The summed E-state index contributed by atoms with van der Waals surface area (Å²) in [5.74, 6) is 0. The molecule has 0 radical (unpaired) electrons. The van der Waals surface area contributed by atoms with E-state index in [0.717, 1.165) is 0 Å². The molecule has 14 heavy (non-hydrogen) atoms. The quantitative estimate of drug-likeness (QED) is 0.615. The van der Waals surface area contributed by atoms with Crippen molar-refractivity contribution in [2.75, 3.05) is 6.54 Å². The van der Waals surface area contributed by atoms with E-state index in [1.165, 1.54) is 0 Å². The van der Waals surface area contributed by atoms with E-state index in [1.54, 1.807) is 22.6 Å². The van der Waals surface area contributed by atoms with Crippen LogP contribution in [-0.2, 0) is 4.79 Å². The second kappa shape index (κ2) is 5.53. The van der Waals surface area contributed by atoms with Gasteiger partial charge in [-0.3, -0.25) is 4.79 Å². The summed E-state index contributed by atoms with van der Waals surface area (Å²) in [4.78, 5) is 22.5. The molecule has 0 bridgehead atoms. The van der Waals surface area contributed by atoms with Crippen molar-refractivity contribution in [3.8, 4) is 0 Å². The minimum atomic E-state index is -0.449. The number of halogens is 1. The zero-order valence-corrected chi connectivity index (χ0v) is 11.1. The Morgan fingerprint density at radius 2 is 1.86 bits per heavy atom. The Morgan fingerprint density at radius 1 is 1.36 bits per heavy atom. The fraction of sp³-hybridized carbons (Fsp3) is 0.778. The van der Waals surface area contributed by atoms with Gasteiger partial charge in [-0.15, -0.1) is 0 Å². The molecule has 0 aliphatic carbocycles. The highest BCUT2D eigenvalue weighted by molar-refractivity contribution is 14.1. The standard InChI is InChI=1S/C9H17IN2O2/c1-5-11-8(14)12-6(7(10)13)9(2,3)4/h6H,5H2,1-4H3,(H2,11,12,14). The second-order valence-electron chi connectivity index (χ2n) is 4.11. The summed E-state index contributed by atoms with van der Waals surface area (Å²) in [7, 11) is 0. The van der Waals surface area contributed by atoms with Gasteiger partial charge in [0.05, 0.1) is 0 Å². The Labute approximate surface area is 98.3 Å². The van der Waals surface area contributed by atoms with Crippen LogP contribution in [0.1, 0.15) is 27.7 Å². The molecule has 1 atom stereocenters. The molecule has 4 nitrogen and oxygen atoms in total. The van der Waals surface area contributed by atoms with E-state index in [2.05, 4.69) is 10.6 Å². The molecular weight excluding hydrogens is 295 g/mol. The molecule has 2 N–H and O–H groups in total. The van der Waals surface area contributed by atoms with Gasteiger partial charge in [0.25, 0.3) is 0 Å². The molecule has 0 aromatic heterocycles. The SMILES string of the molecule is CCNC(=O)NC(C(=O)I)C(C)(C)C. The summed E-state index contributed by atoms with van der Waals surface area (Å²) in [5, 5.41) is 5.25. The van der Waals surface area contributed by atoms with E-state index in [4.69, 9.17) is 0 Å². The van der Waals surface area contributed by atoms with Crippen molar-refractivity contribution in [3.63, 3.8) is 0 Å². The Balaban J connectivity index is 4.40. The number of carbonyl (C=O) groups is 2. The van der Waals surface area contributed by atoms with Crippen LogP contribution >= 0.6 is 22.6 Å². The topological polar surface area (TPSA) is 58.2 Å². The Hall–Kier alpha value is -0.330. The van der Waals surface area contributed by atoms with Gasteiger partial charge in [-0.1, -0.05) is 20.8 Å². The van der Waals surface area contributed by atoms with Crippen LogP contribution in [0.15, 0.2) is 0 Å². The third-order valence-electron chi connectivity index (χ3n) is 1.71. The molecule has 5 heteroatoms. The van der Waals surface area contributed by atoms with Crippen LogP contribution in [0, 0.1) is 5.41 Å². The zero-order chi connectivity index (χ0) is 11.4. The van der Waals surface area contributed by atoms with E-state index in [-0.39, 0.29) is 15.2 Å². The van der Waals surface area contributed by atoms with Gasteiger partial charge < -0.3 is 10.6 Å². The van der Waals surface area contributed by atoms with Crippen molar-refractivity contribution in [2.24, 2.45) is 5.41 Å². The summed E-state index contributed by atoms with van der Waals surface area (Å²) in [5.41, 5.74) is -0.261. The van der Waals surface area contributed by atoms with Gasteiger partial charge in [-0.05, 0) is 12.3 Å². The zero-order valence-electron chi connectivity index (χ0n) is 8.98. The number of hydrogen-bond donors (Lipinski definition) is 2. The number of carbonyl (C=O) groups excluding carboxylic acids is 2. The monoisotopic (exact) mass is 312 g/mol. The molecule has 0 aliphatic heterocycles. The number of rotatable bonds is 3. The highest BCUT2D eigenvalue weighted by atomic mass is 127. The molecule has 0 aromatic carbocycles. The molecule has 0 aromatic rings. The fourth-order valence-corrected chi connectivity index (χ4v) is 2.05. The van der Waals surface area contributed by atoms with Crippen molar-refractivity contribution in [1.82, 2.24) is 10.6 Å². The van der Waals surface area contributed by atoms with Crippen LogP contribution in [0.5, 0.6) is 0 Å². The van der Waals surface area contributed by atoms with Crippen LogP contribution in [-0.4, -0.2) is 22.4 Å². The van der Waals surface area contributed by atoms with Gasteiger partial charge in [0, 0.05) is 29.1 Å². The molecular formula is C9H17IN2O2. The molecule has 0 fully saturated rings. The first kappa shape index (κ1) is 13.7. The number of amides is 2. The van der Waals surface area contributed by atoms with Crippen LogP contribution in [0.2, 0.25) is 0 Å². The smallest absolute Gasteiger partial charge is 0.315 e. The van der Waals surface area contributed by atoms with Gasteiger partial charge in [-0.2, -0.15) is 0 Å². The summed E-state index contributed by atoms with van der Waals surface area (Å²) in [6.45, 7) is 8.14. The number of nitrogens with one attached hydrogen (secondary N) is 2. The normalized spacial score (nSPS) is 13.2. The van der Waals surface area contributed by atoms with E-state index >= 15 is 0 Å². The molecule has 0 saturated carbocycles. The molecule has 0 aliphatic rings. The van der Waals surface area contributed by atoms with Crippen LogP contribution in [0.4, 0.5) is 4.79 Å². The third-order valence-corrected chi connectivity index (χ3v) is 2.33. The van der Waals surface area contributed by atoms with Crippen molar-refractivity contribution in [3.05, 3.63) is 0 Å². The summed E-state index contributed by atoms with van der Waals surface area (Å²) in [6.07, 6.45) is 0. The molecule has 0 saturated heterocycles. The lowest BCUT2D eigenvalue weighted by Gasteiger charge is -2.28. The van der Waals surface area contributed by atoms with Crippen molar-refractivity contribution in [1.29, 1.82) is 0 Å². The lowest BCUT2D eigenvalue weighted by atomic mass is 9.88. The maximum atomic E-state index is 11.3. The van der Waals surface area contributed by atoms with Gasteiger partial charge in [-0.25, -0.2) is 4.79 Å². The summed E-state index contributed by atoms with van der Waals surface area (Å²) in [6, 6.07) is -0.743. The molecule has 0 heterocycles. The van der Waals surface area contributed by atoms with E-state index in [1.807, 2.05) is 27.7 Å². The minimum Gasteiger partial charge on any atom is -0.338 e. The Morgan fingerprint density at radius 3 is 2.14 bits per heavy atom. The van der Waals surface area contributed by atoms with Crippen molar-refractivity contribution < 1.29 is 9.59 Å². The fourth-order valence-electron chi connectivity index (χ4n) is 0.956. The van der Waals surface area contributed by atoms with Crippen LogP contribution in [0.25, 0.3) is 0 Å². The van der Waals surface area contributed by atoms with Gasteiger partial charge >= 0.3 is 6.03 Å². The molecule has 0 spiro atoms. The van der Waals surface area contributed by atoms with E-state index in [9.17, 15) is 9.59 Å². The van der Waals surface area contributed by atoms with E-state index < -0.39 is 6.04 Å². The Kier molecular flexibility index (Phi) is 5.40. The average molecular weight is 312 g/mol. The van der Waals surface area contributed by atoms with Gasteiger partial charge in [0.2, 0.25) is 3.79 Å². The number of hydrogen-bond acceptors (Lipinski definition) is 2. The average Bonchev–Trinajstić information content (AvgIpc) is 1.98. The van der Waals surface area contributed by atoms with Crippen LogP contribution in [0.3, 0.4) is 0 Å². The maximum absolute atomic E-state index is 11.3. The predicted octanol–water partition coefficient (Wildman–Crippen LogP) is 1.68. The first-order chi connectivity index (χ1) is 6.29. The van der Waals surface area contributed by atoms with Crippen LogP contribution < -0.4 is 10.6 Å². The lowest BCUT2D eigenvalue weighted by Crippen LogP contribution is -2.50. The molecule has 82 valence electrons. The lowest BCUT2D eigenvalue weighted by molar-refractivity contribution is -0.113. The minimum absolute atomic E-state index is 0.0543. The second-order valence-corrected chi connectivity index (χ2v) is 5.17. The molecule has 2 amide bonds. The number of urea groups is 1. The van der Waals surface area contributed by atoms with Gasteiger partial charge in [0.15, 0.2) is 0 Å². The van der Waals surface area contributed by atoms with Gasteiger partial charge in [0.1, 0.15) is 6.04 Å². The third kappa shape index (κ3) is 4.78. The predicted molar refractivity (Wildman–Crippen MR) is 64.5 cm³/mol. The summed E-state index contributed by atoms with van der Waals surface area (Å²) < 4.78 is -0.0543. The largest absolute Gasteiger partial charge is 0.338 e. The highest BCUT2D eigenvalue weighted by Crippen LogP contribution is 2.21. The first-order valence-electron chi connectivity index (χ1n) is 4.52. The van der Waals surface area contributed by atoms with Crippen molar-refractivity contribution >= 4 is 32.4 Å². The molecule has 0 rings (SSSR count). The van der Waals surface area contributed by atoms with Crippen molar-refractivity contribution in [2.45, 2.75) is 33.7 Å². The highest BCUT2D eigenvalue weighted by Gasteiger charge is 2.30. The molecule has 1 unspecified atom stereocenters. The summed E-state index contributed by atoms with van der Waals surface area (Å²) >= 11 is 1.71. The van der Waals surface area contributed by atoms with E-state index in [0.29, 0.717) is 6.54 Å². The first-order valence-corrected chi connectivity index (χ1v) is 5.60. The maximum Gasteiger partial charge on any atom is 0.315 e.